The zero-order chi connectivity index (χ0) is 8.48. The molecule has 1 atom stereocenters. The molecule has 0 spiro atoms. The molecule has 2 nitrogen and oxygen atoms in total. The lowest BCUT2D eigenvalue weighted by molar-refractivity contribution is -0.158. The van der Waals surface area contributed by atoms with Crippen molar-refractivity contribution in [3.05, 3.63) is 12.2 Å². The van der Waals surface area contributed by atoms with Crippen molar-refractivity contribution in [1.82, 2.24) is 0 Å². The molecule has 62 valence electrons. The van der Waals surface area contributed by atoms with Crippen LogP contribution in [0.15, 0.2) is 17.1 Å². The van der Waals surface area contributed by atoms with Crippen LogP contribution in [0.4, 0.5) is 13.2 Å². The van der Waals surface area contributed by atoms with Crippen LogP contribution in [0.1, 0.15) is 0 Å². The van der Waals surface area contributed by atoms with Crippen LogP contribution >= 0.6 is 0 Å². The monoisotopic (exact) mass is 165 g/mol. The minimum Gasteiger partial charge on any atom is -0.494 e. The van der Waals surface area contributed by atoms with Crippen LogP contribution in [0.25, 0.3) is 0 Å². The topological polar surface area (TPSA) is 32.6 Å². The van der Waals surface area contributed by atoms with Gasteiger partial charge in [0.15, 0.2) is 0 Å². The van der Waals surface area contributed by atoms with Crippen LogP contribution in [-0.4, -0.2) is 23.7 Å². The molecular weight excluding hydrogens is 159 g/mol. The van der Waals surface area contributed by atoms with Crippen LogP contribution in [0.3, 0.4) is 0 Å². The van der Waals surface area contributed by atoms with Crippen molar-refractivity contribution < 1.29 is 18.3 Å². The smallest absolute Gasteiger partial charge is 0.396 e. The Morgan fingerprint density at radius 1 is 1.55 bits per heavy atom. The Hall–Kier alpha value is -1.00. The summed E-state index contributed by atoms with van der Waals surface area (Å²) in [4.78, 5) is 3.24. The second-order valence-corrected chi connectivity index (χ2v) is 2.21. The van der Waals surface area contributed by atoms with Gasteiger partial charge in [0.25, 0.3) is 0 Å². The van der Waals surface area contributed by atoms with Crippen molar-refractivity contribution in [2.24, 2.45) is 10.9 Å². The van der Waals surface area contributed by atoms with E-state index >= 15 is 0 Å². The van der Waals surface area contributed by atoms with Gasteiger partial charge in [0.1, 0.15) is 0 Å². The predicted molar refractivity (Wildman–Crippen MR) is 33.6 cm³/mol. The maximum absolute atomic E-state index is 11.9. The van der Waals surface area contributed by atoms with E-state index in [4.69, 9.17) is 5.11 Å². The van der Waals surface area contributed by atoms with Gasteiger partial charge in [-0.1, -0.05) is 6.08 Å². The molecule has 1 aliphatic rings. The second-order valence-electron chi connectivity index (χ2n) is 2.21. The average Bonchev–Trinajstić information content (AvgIpc) is 1.86. The zero-order valence-electron chi connectivity index (χ0n) is 5.47. The SMILES string of the molecule is OC1=NCC(C(F)(F)F)C=C1. The summed E-state index contributed by atoms with van der Waals surface area (Å²) in [6.45, 7) is -0.411. The fourth-order valence-electron chi connectivity index (χ4n) is 0.720. The van der Waals surface area contributed by atoms with Crippen molar-refractivity contribution >= 4 is 5.90 Å². The number of aliphatic hydroxyl groups excluding tert-OH is 1. The van der Waals surface area contributed by atoms with Crippen molar-refractivity contribution in [1.29, 1.82) is 0 Å². The van der Waals surface area contributed by atoms with Gasteiger partial charge in [-0.05, 0) is 6.08 Å². The first kappa shape index (κ1) is 8.10. The molecule has 0 radical (unpaired) electrons. The maximum Gasteiger partial charge on any atom is 0.396 e. The Kier molecular flexibility index (Phi) is 1.89. The van der Waals surface area contributed by atoms with Crippen LogP contribution < -0.4 is 0 Å². The summed E-state index contributed by atoms with van der Waals surface area (Å²) in [7, 11) is 0. The number of rotatable bonds is 0. The molecule has 1 rings (SSSR count). The summed E-state index contributed by atoms with van der Waals surface area (Å²) < 4.78 is 35.6. The minimum atomic E-state index is -4.25. The number of aliphatic imine (C=N–C) groups is 1. The number of halogens is 3. The molecule has 0 aromatic rings. The maximum atomic E-state index is 11.9. The van der Waals surface area contributed by atoms with E-state index in [1.54, 1.807) is 0 Å². The number of hydrogen-bond acceptors (Lipinski definition) is 1. The molecule has 0 bridgehead atoms. The molecule has 0 aliphatic carbocycles. The van der Waals surface area contributed by atoms with Gasteiger partial charge in [0, 0.05) is 0 Å². The molecule has 1 unspecified atom stereocenters. The van der Waals surface area contributed by atoms with Crippen molar-refractivity contribution in [3.8, 4) is 0 Å². The van der Waals surface area contributed by atoms with Crippen LogP contribution in [0, 0.1) is 5.92 Å². The van der Waals surface area contributed by atoms with Gasteiger partial charge in [-0.25, -0.2) is 0 Å². The largest absolute Gasteiger partial charge is 0.494 e. The number of aliphatic hydroxyl groups is 1. The van der Waals surface area contributed by atoms with Crippen LogP contribution in [0.2, 0.25) is 0 Å². The molecule has 1 aliphatic heterocycles. The van der Waals surface area contributed by atoms with Crippen LogP contribution in [0.5, 0.6) is 0 Å². The summed E-state index contributed by atoms with van der Waals surface area (Å²) in [5.41, 5.74) is 0. The van der Waals surface area contributed by atoms with Gasteiger partial charge in [-0.2, -0.15) is 13.2 Å². The highest BCUT2D eigenvalue weighted by Crippen LogP contribution is 2.28. The van der Waals surface area contributed by atoms with E-state index in [1.807, 2.05) is 0 Å². The lowest BCUT2D eigenvalue weighted by Gasteiger charge is -2.16. The van der Waals surface area contributed by atoms with E-state index in [9.17, 15) is 13.2 Å². The summed E-state index contributed by atoms with van der Waals surface area (Å²) in [6, 6.07) is 0. The van der Waals surface area contributed by atoms with Crippen molar-refractivity contribution in [3.63, 3.8) is 0 Å². The lowest BCUT2D eigenvalue weighted by Crippen LogP contribution is -2.26. The third-order valence-corrected chi connectivity index (χ3v) is 1.35. The Morgan fingerprint density at radius 2 is 2.18 bits per heavy atom. The molecule has 1 N–H and O–H groups in total. The van der Waals surface area contributed by atoms with E-state index in [0.717, 1.165) is 12.2 Å². The Balaban J connectivity index is 2.63. The fourth-order valence-corrected chi connectivity index (χ4v) is 0.720. The highest BCUT2D eigenvalue weighted by atomic mass is 19.4. The molecule has 5 heteroatoms. The van der Waals surface area contributed by atoms with E-state index in [2.05, 4.69) is 4.99 Å². The second kappa shape index (κ2) is 2.56. The van der Waals surface area contributed by atoms with Gasteiger partial charge >= 0.3 is 6.18 Å². The molecule has 0 amide bonds. The highest BCUT2D eigenvalue weighted by molar-refractivity contribution is 5.86. The molecule has 0 aromatic carbocycles. The lowest BCUT2D eigenvalue weighted by atomic mass is 10.1. The first-order valence-corrected chi connectivity index (χ1v) is 2.98. The van der Waals surface area contributed by atoms with E-state index < -0.39 is 18.6 Å². The molecule has 0 saturated carbocycles. The summed E-state index contributed by atoms with van der Waals surface area (Å²) in [5.74, 6) is -1.89. The number of alkyl halides is 3. The van der Waals surface area contributed by atoms with Gasteiger partial charge < -0.3 is 5.11 Å². The molecule has 0 aromatic heterocycles. The number of nitrogens with zero attached hydrogens (tertiary/aromatic N) is 1. The summed E-state index contributed by atoms with van der Waals surface area (Å²) in [6.07, 6.45) is -2.38. The third-order valence-electron chi connectivity index (χ3n) is 1.35. The first-order chi connectivity index (χ1) is 5.00. The number of hydrogen-bond donors (Lipinski definition) is 1. The Bertz CT molecular complexity index is 206. The quantitative estimate of drug-likeness (QED) is 0.582. The minimum absolute atomic E-state index is 0.342. The highest BCUT2D eigenvalue weighted by Gasteiger charge is 2.38. The molecule has 11 heavy (non-hydrogen) atoms. The van der Waals surface area contributed by atoms with Gasteiger partial charge in [0.2, 0.25) is 5.90 Å². The third kappa shape index (κ3) is 1.96. The van der Waals surface area contributed by atoms with Crippen LogP contribution in [-0.2, 0) is 0 Å². The van der Waals surface area contributed by atoms with Crippen molar-refractivity contribution in [2.75, 3.05) is 6.54 Å². The normalized spacial score (nSPS) is 25.0. The Labute approximate surface area is 61.1 Å². The van der Waals surface area contributed by atoms with Crippen molar-refractivity contribution in [2.45, 2.75) is 6.18 Å². The summed E-state index contributed by atoms with van der Waals surface area (Å²) in [5, 5.41) is 8.59. The summed E-state index contributed by atoms with van der Waals surface area (Å²) >= 11 is 0. The van der Waals surface area contributed by atoms with E-state index in [0.29, 0.717) is 0 Å². The molecular formula is C6H6F3NO. The zero-order valence-corrected chi connectivity index (χ0v) is 5.47. The van der Waals surface area contributed by atoms with E-state index in [1.165, 1.54) is 0 Å². The van der Waals surface area contributed by atoms with E-state index in [-0.39, 0.29) is 5.90 Å². The average molecular weight is 165 g/mol. The van der Waals surface area contributed by atoms with Gasteiger partial charge in [-0.15, -0.1) is 0 Å². The van der Waals surface area contributed by atoms with Gasteiger partial charge in [0.05, 0.1) is 12.5 Å². The predicted octanol–water partition coefficient (Wildman–Crippen LogP) is 1.69. The molecule has 0 saturated heterocycles. The molecule has 1 heterocycles. The van der Waals surface area contributed by atoms with Gasteiger partial charge in [-0.3, -0.25) is 4.99 Å². The fraction of sp³-hybridized carbons (Fsp3) is 0.500. The number of dihydropyridines is 1. The molecule has 0 fully saturated rings. The first-order valence-electron chi connectivity index (χ1n) is 2.98. The standard InChI is InChI=1S/C6H6F3NO/c7-6(8,9)4-1-2-5(11)10-3-4/h1-2,4H,3H2,(H,10,11). The Morgan fingerprint density at radius 3 is 2.55 bits per heavy atom.